The highest BCUT2D eigenvalue weighted by molar-refractivity contribution is 6.08. The first-order valence-corrected chi connectivity index (χ1v) is 7.99. The van der Waals surface area contributed by atoms with Crippen LogP contribution in [0.4, 0.5) is 0 Å². The fourth-order valence-electron chi connectivity index (χ4n) is 3.10. The van der Waals surface area contributed by atoms with Gasteiger partial charge >= 0.3 is 0 Å². The Kier molecular flexibility index (Phi) is 3.88. The van der Waals surface area contributed by atoms with Crippen LogP contribution in [0, 0.1) is 0 Å². The summed E-state index contributed by atoms with van der Waals surface area (Å²) < 4.78 is 0. The van der Waals surface area contributed by atoms with Crippen LogP contribution in [0.3, 0.4) is 0 Å². The maximum Gasteiger partial charge on any atom is 0.275 e. The fraction of sp³-hybridized carbons (Fsp3) is 0.0476. The first kappa shape index (κ1) is 15.3. The summed E-state index contributed by atoms with van der Waals surface area (Å²) in [6, 6.07) is 23.7. The molecule has 0 aliphatic heterocycles. The highest BCUT2D eigenvalue weighted by Gasteiger charge is 2.14. The van der Waals surface area contributed by atoms with Crippen LogP contribution in [0.15, 0.2) is 72.8 Å². The van der Waals surface area contributed by atoms with Gasteiger partial charge in [0, 0.05) is 10.9 Å². The molecule has 0 atom stereocenters. The number of rotatable bonds is 3. The summed E-state index contributed by atoms with van der Waals surface area (Å²) in [5.41, 5.74) is 5.47. The topological polar surface area (TPSA) is 51.2 Å². The number of nitrogens with zero attached hydrogens (tertiary/aromatic N) is 1. The van der Waals surface area contributed by atoms with Gasteiger partial charge in [0.1, 0.15) is 0 Å². The Morgan fingerprint density at radius 3 is 2.48 bits per heavy atom. The summed E-state index contributed by atoms with van der Waals surface area (Å²) in [5.74, 6) is -0.289. The number of hydroxylamine groups is 1. The lowest BCUT2D eigenvalue weighted by Gasteiger charge is -2.11. The molecule has 1 aromatic heterocycles. The normalized spacial score (nSPS) is 10.9. The van der Waals surface area contributed by atoms with Crippen molar-refractivity contribution in [3.8, 4) is 11.3 Å². The molecule has 0 saturated heterocycles. The number of pyridine rings is 1. The van der Waals surface area contributed by atoms with Crippen LogP contribution in [0.2, 0.25) is 0 Å². The maximum absolute atomic E-state index is 12.4. The lowest BCUT2D eigenvalue weighted by Crippen LogP contribution is -2.22. The van der Waals surface area contributed by atoms with E-state index >= 15 is 0 Å². The first-order valence-electron chi connectivity index (χ1n) is 7.99. The van der Waals surface area contributed by atoms with Crippen molar-refractivity contribution in [2.75, 3.05) is 7.11 Å². The SMILES string of the molecule is CONC(=O)c1cc(-c2cccc3ccccc23)nc2ccccc12. The van der Waals surface area contributed by atoms with Crippen molar-refractivity contribution in [1.82, 2.24) is 10.5 Å². The van der Waals surface area contributed by atoms with E-state index < -0.39 is 0 Å². The van der Waals surface area contributed by atoms with Crippen LogP contribution in [0.5, 0.6) is 0 Å². The number of benzene rings is 3. The van der Waals surface area contributed by atoms with Gasteiger partial charge < -0.3 is 0 Å². The Hall–Kier alpha value is -3.24. The van der Waals surface area contributed by atoms with E-state index in [-0.39, 0.29) is 5.91 Å². The molecule has 0 aliphatic rings. The Morgan fingerprint density at radius 2 is 1.64 bits per heavy atom. The smallest absolute Gasteiger partial charge is 0.275 e. The monoisotopic (exact) mass is 328 g/mol. The molecule has 1 N–H and O–H groups in total. The van der Waals surface area contributed by atoms with E-state index in [9.17, 15) is 4.79 Å². The molecular formula is C21H16N2O2. The number of carbonyl (C=O) groups is 1. The second-order valence-corrected chi connectivity index (χ2v) is 5.73. The molecule has 0 aliphatic carbocycles. The largest absolute Gasteiger partial charge is 0.277 e. The predicted molar refractivity (Wildman–Crippen MR) is 99.2 cm³/mol. The molecule has 4 heteroatoms. The highest BCUT2D eigenvalue weighted by atomic mass is 16.6. The summed E-state index contributed by atoms with van der Waals surface area (Å²) in [6.45, 7) is 0. The van der Waals surface area contributed by atoms with Gasteiger partial charge in [-0.3, -0.25) is 9.63 Å². The second-order valence-electron chi connectivity index (χ2n) is 5.73. The number of amides is 1. The zero-order chi connectivity index (χ0) is 17.2. The van der Waals surface area contributed by atoms with Crippen molar-refractivity contribution in [2.45, 2.75) is 0 Å². The highest BCUT2D eigenvalue weighted by Crippen LogP contribution is 2.30. The third-order valence-corrected chi connectivity index (χ3v) is 4.22. The number of aromatic nitrogens is 1. The van der Waals surface area contributed by atoms with Gasteiger partial charge in [-0.2, -0.15) is 0 Å². The summed E-state index contributed by atoms with van der Waals surface area (Å²) in [7, 11) is 1.42. The quantitative estimate of drug-likeness (QED) is 0.569. The third kappa shape index (κ3) is 2.73. The van der Waals surface area contributed by atoms with Crippen molar-refractivity contribution in [1.29, 1.82) is 0 Å². The van der Waals surface area contributed by atoms with Gasteiger partial charge in [-0.25, -0.2) is 10.5 Å². The van der Waals surface area contributed by atoms with E-state index in [2.05, 4.69) is 23.7 Å². The molecule has 0 radical (unpaired) electrons. The molecule has 0 unspecified atom stereocenters. The van der Waals surface area contributed by atoms with E-state index in [0.29, 0.717) is 5.56 Å². The zero-order valence-electron chi connectivity index (χ0n) is 13.7. The van der Waals surface area contributed by atoms with E-state index in [4.69, 9.17) is 9.82 Å². The van der Waals surface area contributed by atoms with Crippen molar-refractivity contribution >= 4 is 27.6 Å². The molecule has 4 rings (SSSR count). The molecule has 4 aromatic rings. The van der Waals surface area contributed by atoms with Crippen molar-refractivity contribution in [3.63, 3.8) is 0 Å². The summed E-state index contributed by atoms with van der Waals surface area (Å²) in [6.07, 6.45) is 0. The van der Waals surface area contributed by atoms with E-state index in [0.717, 1.165) is 32.9 Å². The van der Waals surface area contributed by atoms with Crippen LogP contribution in [-0.2, 0) is 4.84 Å². The lowest BCUT2D eigenvalue weighted by atomic mass is 9.99. The van der Waals surface area contributed by atoms with Crippen LogP contribution >= 0.6 is 0 Å². The van der Waals surface area contributed by atoms with Crippen LogP contribution < -0.4 is 5.48 Å². The number of hydrogen-bond donors (Lipinski definition) is 1. The molecule has 1 heterocycles. The summed E-state index contributed by atoms with van der Waals surface area (Å²) in [5, 5.41) is 3.03. The third-order valence-electron chi connectivity index (χ3n) is 4.22. The Bertz CT molecular complexity index is 1080. The van der Waals surface area contributed by atoms with Gasteiger partial charge in [-0.15, -0.1) is 0 Å². The number of hydrogen-bond acceptors (Lipinski definition) is 3. The van der Waals surface area contributed by atoms with Crippen molar-refractivity contribution in [2.24, 2.45) is 0 Å². The van der Waals surface area contributed by atoms with Crippen LogP contribution in [-0.4, -0.2) is 18.0 Å². The minimum absolute atomic E-state index is 0.289. The van der Waals surface area contributed by atoms with Gasteiger partial charge in [0.25, 0.3) is 5.91 Å². The molecule has 25 heavy (non-hydrogen) atoms. The minimum Gasteiger partial charge on any atom is -0.277 e. The number of carbonyl (C=O) groups excluding carboxylic acids is 1. The van der Waals surface area contributed by atoms with E-state index in [1.165, 1.54) is 7.11 Å². The van der Waals surface area contributed by atoms with Crippen molar-refractivity contribution in [3.05, 3.63) is 78.4 Å². The molecular weight excluding hydrogens is 312 g/mol. The molecule has 0 saturated carbocycles. The van der Waals surface area contributed by atoms with Gasteiger partial charge in [0.2, 0.25) is 0 Å². The van der Waals surface area contributed by atoms with E-state index in [1.807, 2.05) is 54.6 Å². The van der Waals surface area contributed by atoms with Gasteiger partial charge in [0.05, 0.1) is 23.9 Å². The molecule has 0 spiro atoms. The first-order chi connectivity index (χ1) is 12.3. The summed E-state index contributed by atoms with van der Waals surface area (Å²) >= 11 is 0. The predicted octanol–water partition coefficient (Wildman–Crippen LogP) is 4.35. The lowest BCUT2D eigenvalue weighted by molar-refractivity contribution is 0.0539. The Balaban J connectivity index is 2.00. The molecule has 0 bridgehead atoms. The molecule has 1 amide bonds. The zero-order valence-corrected chi connectivity index (χ0v) is 13.7. The maximum atomic E-state index is 12.4. The van der Waals surface area contributed by atoms with Crippen molar-refractivity contribution < 1.29 is 9.63 Å². The standard InChI is InChI=1S/C21H16N2O2/c1-25-23-21(24)18-13-20(22-19-12-5-4-10-17(18)19)16-11-6-8-14-7-2-3-9-15(14)16/h2-13H,1H3,(H,23,24). The van der Waals surface area contributed by atoms with Crippen LogP contribution in [0.25, 0.3) is 32.9 Å². The Morgan fingerprint density at radius 1 is 0.920 bits per heavy atom. The fourth-order valence-corrected chi connectivity index (χ4v) is 3.10. The van der Waals surface area contributed by atoms with E-state index in [1.54, 1.807) is 0 Å². The average Bonchev–Trinajstić information content (AvgIpc) is 2.67. The number of para-hydroxylation sites is 1. The number of fused-ring (bicyclic) bond motifs is 2. The number of nitrogens with one attached hydrogen (secondary N) is 1. The molecule has 3 aromatic carbocycles. The minimum atomic E-state index is -0.289. The van der Waals surface area contributed by atoms with Crippen LogP contribution in [0.1, 0.15) is 10.4 Å². The van der Waals surface area contributed by atoms with Gasteiger partial charge in [-0.05, 0) is 22.9 Å². The molecule has 0 fully saturated rings. The van der Waals surface area contributed by atoms with Gasteiger partial charge in [-0.1, -0.05) is 60.7 Å². The second kappa shape index (κ2) is 6.34. The average molecular weight is 328 g/mol. The molecule has 122 valence electrons. The summed E-state index contributed by atoms with van der Waals surface area (Å²) in [4.78, 5) is 22.0. The Labute approximate surface area is 145 Å². The van der Waals surface area contributed by atoms with Gasteiger partial charge in [0.15, 0.2) is 0 Å². The molecule has 4 nitrogen and oxygen atoms in total.